The van der Waals surface area contributed by atoms with Gasteiger partial charge in [-0.15, -0.1) is 0 Å². The number of pyridine rings is 1. The lowest BCUT2D eigenvalue weighted by molar-refractivity contribution is 0.393. The van der Waals surface area contributed by atoms with E-state index >= 15 is 0 Å². The molecule has 0 amide bonds. The van der Waals surface area contributed by atoms with Gasteiger partial charge in [0.1, 0.15) is 12.1 Å². The average molecular weight is 244 g/mol. The maximum atomic E-state index is 5.15. The van der Waals surface area contributed by atoms with Gasteiger partial charge in [-0.3, -0.25) is 4.98 Å². The summed E-state index contributed by atoms with van der Waals surface area (Å²) in [6.07, 6.45) is 3.34. The minimum absolute atomic E-state index is 0.592. The number of anilines is 1. The second-order valence-electron chi connectivity index (χ2n) is 4.02. The van der Waals surface area contributed by atoms with Crippen LogP contribution in [0.1, 0.15) is 16.8 Å². The number of aryl methyl sites for hydroxylation is 1. The first-order chi connectivity index (χ1) is 8.70. The van der Waals surface area contributed by atoms with E-state index in [1.807, 2.05) is 32.2 Å². The van der Waals surface area contributed by atoms with E-state index in [-0.39, 0.29) is 0 Å². The quantitative estimate of drug-likeness (QED) is 0.892. The topological polar surface area (TPSA) is 59.9 Å². The van der Waals surface area contributed by atoms with Gasteiger partial charge in [-0.1, -0.05) is 6.07 Å². The molecule has 0 unspecified atom stereocenters. The van der Waals surface area contributed by atoms with E-state index < -0.39 is 0 Å². The molecule has 0 spiro atoms. The van der Waals surface area contributed by atoms with Gasteiger partial charge in [0.05, 0.1) is 12.7 Å². The standard InChI is InChI=1S/C13H16N4O/c1-9-4-5-11(6-14-9)7-15-12-10(2)13(18-3)17-8-16-12/h4-6,8H,7H2,1-3H3,(H,15,16,17). The Labute approximate surface area is 106 Å². The van der Waals surface area contributed by atoms with Crippen LogP contribution < -0.4 is 10.1 Å². The summed E-state index contributed by atoms with van der Waals surface area (Å²) in [6.45, 7) is 4.57. The zero-order chi connectivity index (χ0) is 13.0. The van der Waals surface area contributed by atoms with Crippen LogP contribution in [0.4, 0.5) is 5.82 Å². The Bertz CT molecular complexity index is 525. The largest absolute Gasteiger partial charge is 0.481 e. The summed E-state index contributed by atoms with van der Waals surface area (Å²) < 4.78 is 5.15. The molecular formula is C13H16N4O. The molecule has 2 heterocycles. The van der Waals surface area contributed by atoms with Gasteiger partial charge in [-0.05, 0) is 25.5 Å². The highest BCUT2D eigenvalue weighted by Crippen LogP contribution is 2.20. The predicted octanol–water partition coefficient (Wildman–Crippen LogP) is 2.11. The van der Waals surface area contributed by atoms with Gasteiger partial charge in [0.25, 0.3) is 0 Å². The fourth-order valence-corrected chi connectivity index (χ4v) is 1.61. The minimum Gasteiger partial charge on any atom is -0.481 e. The molecule has 0 atom stereocenters. The number of nitrogens with one attached hydrogen (secondary N) is 1. The van der Waals surface area contributed by atoms with Crippen molar-refractivity contribution in [3.05, 3.63) is 41.5 Å². The first kappa shape index (κ1) is 12.3. The van der Waals surface area contributed by atoms with Crippen molar-refractivity contribution in [1.82, 2.24) is 15.0 Å². The minimum atomic E-state index is 0.592. The van der Waals surface area contributed by atoms with Crippen LogP contribution in [0.3, 0.4) is 0 Å². The van der Waals surface area contributed by atoms with Crippen LogP contribution in [0.25, 0.3) is 0 Å². The molecule has 0 fully saturated rings. The molecule has 2 rings (SSSR count). The van der Waals surface area contributed by atoms with E-state index in [1.54, 1.807) is 7.11 Å². The molecule has 2 aromatic rings. The molecule has 0 aliphatic rings. The SMILES string of the molecule is COc1ncnc(NCc2ccc(C)nc2)c1C. The summed E-state index contributed by atoms with van der Waals surface area (Å²) in [5.41, 5.74) is 3.02. The average Bonchev–Trinajstić information content (AvgIpc) is 2.39. The number of hydrogen-bond donors (Lipinski definition) is 1. The molecule has 0 bridgehead atoms. The van der Waals surface area contributed by atoms with E-state index in [1.165, 1.54) is 6.33 Å². The molecule has 0 saturated carbocycles. The lowest BCUT2D eigenvalue weighted by atomic mass is 10.2. The Morgan fingerprint density at radius 1 is 1.17 bits per heavy atom. The maximum absolute atomic E-state index is 5.15. The van der Waals surface area contributed by atoms with Crippen molar-refractivity contribution in [2.24, 2.45) is 0 Å². The van der Waals surface area contributed by atoms with Gasteiger partial charge in [-0.25, -0.2) is 9.97 Å². The number of rotatable bonds is 4. The summed E-state index contributed by atoms with van der Waals surface area (Å²) in [6, 6.07) is 4.04. The van der Waals surface area contributed by atoms with Crippen molar-refractivity contribution < 1.29 is 4.74 Å². The highest BCUT2D eigenvalue weighted by Gasteiger charge is 2.06. The Morgan fingerprint density at radius 3 is 2.67 bits per heavy atom. The molecule has 2 aromatic heterocycles. The third kappa shape index (κ3) is 2.74. The highest BCUT2D eigenvalue weighted by atomic mass is 16.5. The summed E-state index contributed by atoms with van der Waals surface area (Å²) in [7, 11) is 1.60. The van der Waals surface area contributed by atoms with Gasteiger partial charge in [0.15, 0.2) is 0 Å². The molecule has 0 aromatic carbocycles. The molecule has 0 aliphatic carbocycles. The molecule has 0 aliphatic heterocycles. The fraction of sp³-hybridized carbons (Fsp3) is 0.308. The first-order valence-electron chi connectivity index (χ1n) is 5.71. The maximum Gasteiger partial charge on any atom is 0.221 e. The lowest BCUT2D eigenvalue weighted by Gasteiger charge is -2.10. The molecule has 5 heteroatoms. The van der Waals surface area contributed by atoms with Crippen LogP contribution in [0.5, 0.6) is 5.88 Å². The molecule has 94 valence electrons. The van der Waals surface area contributed by atoms with E-state index in [2.05, 4.69) is 20.3 Å². The number of nitrogens with zero attached hydrogens (tertiary/aromatic N) is 3. The van der Waals surface area contributed by atoms with E-state index in [0.29, 0.717) is 12.4 Å². The zero-order valence-electron chi connectivity index (χ0n) is 10.8. The van der Waals surface area contributed by atoms with Crippen LogP contribution in [-0.2, 0) is 6.54 Å². The Morgan fingerprint density at radius 2 is 2.00 bits per heavy atom. The predicted molar refractivity (Wildman–Crippen MR) is 69.6 cm³/mol. The molecule has 18 heavy (non-hydrogen) atoms. The van der Waals surface area contributed by atoms with Crippen LogP contribution >= 0.6 is 0 Å². The summed E-state index contributed by atoms with van der Waals surface area (Å²) in [5.74, 6) is 1.37. The van der Waals surface area contributed by atoms with Crippen molar-refractivity contribution in [1.29, 1.82) is 0 Å². The molecular weight excluding hydrogens is 228 g/mol. The first-order valence-corrected chi connectivity index (χ1v) is 5.71. The third-order valence-corrected chi connectivity index (χ3v) is 2.66. The second-order valence-corrected chi connectivity index (χ2v) is 4.02. The Hall–Kier alpha value is -2.17. The normalized spacial score (nSPS) is 10.2. The number of hydrogen-bond acceptors (Lipinski definition) is 5. The third-order valence-electron chi connectivity index (χ3n) is 2.66. The molecule has 0 radical (unpaired) electrons. The van der Waals surface area contributed by atoms with E-state index in [4.69, 9.17) is 4.74 Å². The number of aromatic nitrogens is 3. The zero-order valence-corrected chi connectivity index (χ0v) is 10.8. The van der Waals surface area contributed by atoms with Crippen molar-refractivity contribution in [2.45, 2.75) is 20.4 Å². The number of methoxy groups -OCH3 is 1. The van der Waals surface area contributed by atoms with Gasteiger partial charge in [0.2, 0.25) is 5.88 Å². The van der Waals surface area contributed by atoms with Crippen molar-refractivity contribution in [3.63, 3.8) is 0 Å². The van der Waals surface area contributed by atoms with Crippen LogP contribution in [0, 0.1) is 13.8 Å². The van der Waals surface area contributed by atoms with Gasteiger partial charge in [0, 0.05) is 18.4 Å². The smallest absolute Gasteiger partial charge is 0.221 e. The van der Waals surface area contributed by atoms with Crippen molar-refractivity contribution in [3.8, 4) is 5.88 Å². The van der Waals surface area contributed by atoms with Crippen LogP contribution in [0.2, 0.25) is 0 Å². The highest BCUT2D eigenvalue weighted by molar-refractivity contribution is 5.47. The van der Waals surface area contributed by atoms with E-state index in [9.17, 15) is 0 Å². The summed E-state index contributed by atoms with van der Waals surface area (Å²) >= 11 is 0. The van der Waals surface area contributed by atoms with Crippen molar-refractivity contribution >= 4 is 5.82 Å². The van der Waals surface area contributed by atoms with Crippen LogP contribution in [-0.4, -0.2) is 22.1 Å². The van der Waals surface area contributed by atoms with Gasteiger partial charge < -0.3 is 10.1 Å². The number of ether oxygens (including phenoxy) is 1. The molecule has 5 nitrogen and oxygen atoms in total. The lowest BCUT2D eigenvalue weighted by Crippen LogP contribution is -2.05. The molecule has 1 N–H and O–H groups in total. The van der Waals surface area contributed by atoms with E-state index in [0.717, 1.165) is 22.6 Å². The second kappa shape index (κ2) is 5.44. The Balaban J connectivity index is 2.08. The summed E-state index contributed by atoms with van der Waals surface area (Å²) in [5, 5.41) is 3.25. The van der Waals surface area contributed by atoms with Gasteiger partial charge in [-0.2, -0.15) is 0 Å². The monoisotopic (exact) mass is 244 g/mol. The van der Waals surface area contributed by atoms with Crippen LogP contribution in [0.15, 0.2) is 24.7 Å². The molecule has 0 saturated heterocycles. The summed E-state index contributed by atoms with van der Waals surface area (Å²) in [4.78, 5) is 12.5. The fourth-order valence-electron chi connectivity index (χ4n) is 1.61. The van der Waals surface area contributed by atoms with Crippen molar-refractivity contribution in [2.75, 3.05) is 12.4 Å². The van der Waals surface area contributed by atoms with Gasteiger partial charge >= 0.3 is 0 Å². The Kier molecular flexibility index (Phi) is 3.72.